The van der Waals surface area contributed by atoms with Crippen LogP contribution in [0.25, 0.3) is 5.69 Å². The quantitative estimate of drug-likeness (QED) is 0.169. The van der Waals surface area contributed by atoms with Crippen molar-refractivity contribution in [3.8, 4) is 17.8 Å². The number of hydrogen-bond donors (Lipinski definition) is 3. The van der Waals surface area contributed by atoms with Crippen LogP contribution in [0, 0.1) is 34.4 Å². The van der Waals surface area contributed by atoms with Crippen LogP contribution in [0.15, 0.2) is 55.0 Å². The fourth-order valence-corrected chi connectivity index (χ4v) is 7.84. The summed E-state index contributed by atoms with van der Waals surface area (Å²) in [6.45, 7) is 8.69. The average Bonchev–Trinajstić information content (AvgIpc) is 3.70. The molecule has 3 N–H and O–H groups in total. The molecule has 0 spiro atoms. The predicted octanol–water partition coefficient (Wildman–Crippen LogP) is 5.32. The second-order valence-corrected chi connectivity index (χ2v) is 15.1. The number of nitriles is 2. The summed E-state index contributed by atoms with van der Waals surface area (Å²) in [7, 11) is 0. The number of carbonyl (C=O) groups excluding carboxylic acids is 2. The van der Waals surface area contributed by atoms with Gasteiger partial charge in [-0.3, -0.25) is 19.8 Å². The van der Waals surface area contributed by atoms with Gasteiger partial charge in [-0.05, 0) is 88.6 Å². The summed E-state index contributed by atoms with van der Waals surface area (Å²) in [5.41, 5.74) is 3.65. The molecule has 5 heterocycles. The van der Waals surface area contributed by atoms with Gasteiger partial charge in [0.1, 0.15) is 23.6 Å². The van der Waals surface area contributed by atoms with E-state index in [4.69, 9.17) is 5.26 Å². The third kappa shape index (κ3) is 8.42. The average molecular weight is 745 g/mol. The Morgan fingerprint density at radius 1 is 1.04 bits per heavy atom. The van der Waals surface area contributed by atoms with Gasteiger partial charge >= 0.3 is 0 Å². The Balaban J connectivity index is 0.891. The first kappa shape index (κ1) is 37.4. The number of piperidine rings is 1. The normalized spacial score (nSPS) is 22.3. The number of carbonyl (C=O) groups is 2. The lowest BCUT2D eigenvalue weighted by Crippen LogP contribution is -2.49. The molecule has 14 nitrogen and oxygen atoms in total. The van der Waals surface area contributed by atoms with Gasteiger partial charge in [0.05, 0.1) is 40.8 Å². The number of hydrogen-bond acceptors (Lipinski definition) is 12. The van der Waals surface area contributed by atoms with Gasteiger partial charge in [0, 0.05) is 56.5 Å². The van der Waals surface area contributed by atoms with Crippen molar-refractivity contribution < 1.29 is 14.0 Å². The second-order valence-electron chi connectivity index (χ2n) is 15.1. The number of nitrogens with zero attached hydrogens (tertiary/aromatic N) is 9. The minimum Gasteiger partial charge on any atom is -0.369 e. The lowest BCUT2D eigenvalue weighted by Gasteiger charge is -2.37. The summed E-state index contributed by atoms with van der Waals surface area (Å²) in [5.74, 6) is 0.134. The molecule has 2 saturated heterocycles. The van der Waals surface area contributed by atoms with Gasteiger partial charge in [0.15, 0.2) is 11.6 Å². The lowest BCUT2D eigenvalue weighted by atomic mass is 9.75. The molecule has 2 aliphatic heterocycles. The van der Waals surface area contributed by atoms with Crippen LogP contribution < -0.4 is 20.9 Å². The molecule has 3 aromatic heterocycles. The molecular weight excluding hydrogens is 700 g/mol. The van der Waals surface area contributed by atoms with Crippen LogP contribution in [-0.4, -0.2) is 80.4 Å². The fraction of sp³-hybridized carbons (Fsp3) is 0.450. The second kappa shape index (κ2) is 16.2. The fourth-order valence-electron chi connectivity index (χ4n) is 7.84. The maximum Gasteiger partial charge on any atom is 0.236 e. The van der Waals surface area contributed by atoms with Gasteiger partial charge in [-0.2, -0.15) is 10.5 Å². The first-order chi connectivity index (χ1) is 26.6. The molecule has 7 rings (SSSR count). The topological polar surface area (TPSA) is 181 Å². The van der Waals surface area contributed by atoms with Crippen molar-refractivity contribution in [2.24, 2.45) is 5.92 Å². The highest BCUT2D eigenvalue weighted by molar-refractivity contribution is 6.03. The molecule has 284 valence electrons. The standard InChI is InChI=1S/C40H45FN12O2/c1-26(21-42)46-33-20-36(47-38-32(41)19-28(22-43)23-45-38)44-24-35(33)53-25-34(49-50-53)29-5-3-27(4-6-29)12-14-51-15-17-52(18-16-51)31-9-7-30(8-10-31)40(2)13-11-37(54)48-39(40)55/h7-10,19-20,23-27,29H,3-6,11-18H2,1-2H3,(H,48,54,55)(H2,44,45,46,47)/t26-,27?,29?,40-/m1/s1. The zero-order valence-corrected chi connectivity index (χ0v) is 31.1. The Hall–Kier alpha value is -5.93. The number of benzene rings is 1. The molecule has 1 saturated carbocycles. The van der Waals surface area contributed by atoms with Crippen LogP contribution >= 0.6 is 0 Å². The van der Waals surface area contributed by atoms with Crippen molar-refractivity contribution >= 4 is 34.8 Å². The number of anilines is 4. The molecule has 4 aromatic rings. The van der Waals surface area contributed by atoms with Crippen molar-refractivity contribution in [3.63, 3.8) is 0 Å². The first-order valence-corrected chi connectivity index (χ1v) is 19.0. The molecule has 3 fully saturated rings. The minimum atomic E-state index is -0.678. The molecule has 2 amide bonds. The number of aromatic nitrogens is 5. The number of pyridine rings is 2. The van der Waals surface area contributed by atoms with E-state index in [0.717, 1.165) is 81.4 Å². The van der Waals surface area contributed by atoms with Gasteiger partial charge in [-0.15, -0.1) is 5.10 Å². The third-order valence-corrected chi connectivity index (χ3v) is 11.4. The monoisotopic (exact) mass is 744 g/mol. The van der Waals surface area contributed by atoms with Crippen molar-refractivity contribution in [2.45, 2.75) is 76.2 Å². The predicted molar refractivity (Wildman–Crippen MR) is 204 cm³/mol. The van der Waals surface area contributed by atoms with Gasteiger partial charge in [-0.25, -0.2) is 19.0 Å². The first-order valence-electron chi connectivity index (χ1n) is 19.0. The maximum absolute atomic E-state index is 14.5. The van der Waals surface area contributed by atoms with Crippen molar-refractivity contribution in [3.05, 3.63) is 77.6 Å². The van der Waals surface area contributed by atoms with Gasteiger partial charge in [-0.1, -0.05) is 17.3 Å². The Bertz CT molecular complexity index is 2110. The number of halogens is 1. The number of rotatable bonds is 11. The summed E-state index contributed by atoms with van der Waals surface area (Å²) in [6, 6.07) is 14.6. The van der Waals surface area contributed by atoms with E-state index in [-0.39, 0.29) is 23.2 Å². The van der Waals surface area contributed by atoms with E-state index < -0.39 is 17.3 Å². The summed E-state index contributed by atoms with van der Waals surface area (Å²) < 4.78 is 16.2. The van der Waals surface area contributed by atoms with E-state index in [9.17, 15) is 19.2 Å². The number of amides is 2. The third-order valence-electron chi connectivity index (χ3n) is 11.4. The van der Waals surface area contributed by atoms with Gasteiger partial charge in [0.2, 0.25) is 11.8 Å². The highest BCUT2D eigenvalue weighted by Gasteiger charge is 2.40. The molecule has 0 radical (unpaired) electrons. The zero-order valence-electron chi connectivity index (χ0n) is 31.1. The molecular formula is C40H45FN12O2. The molecule has 55 heavy (non-hydrogen) atoms. The van der Waals surface area contributed by atoms with E-state index in [1.807, 2.05) is 31.3 Å². The molecule has 0 bridgehead atoms. The maximum atomic E-state index is 14.5. The SMILES string of the molecule is C[C@H](C#N)Nc1cc(Nc2ncc(C#N)cc2F)ncc1-n1cc(C2CCC(CCN3CCN(c4ccc([C@@]5(C)CCC(=O)NC5=O)cc4)CC3)CC2)nn1. The highest BCUT2D eigenvalue weighted by Crippen LogP contribution is 2.37. The molecule has 1 aliphatic carbocycles. The largest absolute Gasteiger partial charge is 0.369 e. The van der Waals surface area contributed by atoms with Gasteiger partial charge in [0.25, 0.3) is 0 Å². The summed E-state index contributed by atoms with van der Waals surface area (Å²) >= 11 is 0. The molecule has 3 aliphatic rings. The summed E-state index contributed by atoms with van der Waals surface area (Å²) in [6.07, 6.45) is 11.2. The molecule has 15 heteroatoms. The van der Waals surface area contributed by atoms with E-state index in [2.05, 4.69) is 64.2 Å². The molecule has 0 unspecified atom stereocenters. The molecule has 2 atom stereocenters. The van der Waals surface area contributed by atoms with E-state index in [0.29, 0.717) is 41.9 Å². The number of piperazine rings is 1. The number of nitrogens with one attached hydrogen (secondary N) is 3. The highest BCUT2D eigenvalue weighted by atomic mass is 19.1. The zero-order chi connectivity index (χ0) is 38.5. The van der Waals surface area contributed by atoms with E-state index in [1.165, 1.54) is 12.6 Å². The Kier molecular flexibility index (Phi) is 11.0. The smallest absolute Gasteiger partial charge is 0.236 e. The summed E-state index contributed by atoms with van der Waals surface area (Å²) in [4.78, 5) is 37.6. The van der Waals surface area contributed by atoms with Crippen LogP contribution in [0.4, 0.5) is 27.4 Å². The Labute approximate surface area is 319 Å². The van der Waals surface area contributed by atoms with Crippen LogP contribution in [0.2, 0.25) is 0 Å². The van der Waals surface area contributed by atoms with Crippen LogP contribution in [-0.2, 0) is 15.0 Å². The molecule has 1 aromatic carbocycles. The Morgan fingerprint density at radius 3 is 2.49 bits per heavy atom. The number of imide groups is 1. The van der Waals surface area contributed by atoms with Crippen LogP contribution in [0.3, 0.4) is 0 Å². The van der Waals surface area contributed by atoms with Crippen molar-refractivity contribution in [1.29, 1.82) is 10.5 Å². The van der Waals surface area contributed by atoms with Crippen LogP contribution in [0.5, 0.6) is 0 Å². The van der Waals surface area contributed by atoms with Crippen molar-refractivity contribution in [1.82, 2.24) is 35.2 Å². The van der Waals surface area contributed by atoms with Crippen LogP contribution in [0.1, 0.15) is 81.5 Å². The Morgan fingerprint density at radius 2 is 1.80 bits per heavy atom. The minimum absolute atomic E-state index is 0.0675. The van der Waals surface area contributed by atoms with Gasteiger partial charge < -0.3 is 15.5 Å². The van der Waals surface area contributed by atoms with Crippen molar-refractivity contribution in [2.75, 3.05) is 48.3 Å². The lowest BCUT2D eigenvalue weighted by molar-refractivity contribution is -0.137. The summed E-state index contributed by atoms with van der Waals surface area (Å²) in [5, 5.41) is 36.0. The van der Waals surface area contributed by atoms with E-state index >= 15 is 0 Å². The van der Waals surface area contributed by atoms with E-state index in [1.54, 1.807) is 23.9 Å².